The van der Waals surface area contributed by atoms with E-state index in [0.717, 1.165) is 11.1 Å². The molecule has 2 rings (SSSR count). The minimum atomic E-state index is -0.0870. The average Bonchev–Trinajstić information content (AvgIpc) is 2.51. The van der Waals surface area contributed by atoms with Crippen LogP contribution in [0, 0.1) is 0 Å². The van der Waals surface area contributed by atoms with E-state index < -0.39 is 0 Å². The van der Waals surface area contributed by atoms with Crippen LogP contribution in [-0.4, -0.2) is 21.3 Å². The summed E-state index contributed by atoms with van der Waals surface area (Å²) in [5.74, 6) is 1.36. The van der Waals surface area contributed by atoms with Gasteiger partial charge in [0.15, 0.2) is 11.5 Å². The Morgan fingerprint density at radius 2 is 1.71 bits per heavy atom. The summed E-state index contributed by atoms with van der Waals surface area (Å²) >= 11 is 12.4. The largest absolute Gasteiger partial charge is 0.493 e. The molecule has 0 bridgehead atoms. The van der Waals surface area contributed by atoms with E-state index in [-0.39, 0.29) is 6.04 Å². The molecule has 2 aromatic rings. The fourth-order valence-electron chi connectivity index (χ4n) is 2.28. The van der Waals surface area contributed by atoms with Crippen LogP contribution in [0.25, 0.3) is 0 Å². The number of hydrogen-bond donors (Lipinski definition) is 1. The predicted molar refractivity (Wildman–Crippen MR) is 86.9 cm³/mol. The third-order valence-corrected chi connectivity index (χ3v) is 4.16. The molecule has 112 valence electrons. The summed E-state index contributed by atoms with van der Waals surface area (Å²) in [6.45, 7) is 0. The highest BCUT2D eigenvalue weighted by Gasteiger charge is 2.18. The molecule has 0 fully saturated rings. The maximum absolute atomic E-state index is 6.32. The first kappa shape index (κ1) is 16.0. The van der Waals surface area contributed by atoms with Crippen molar-refractivity contribution in [2.45, 2.75) is 6.04 Å². The zero-order chi connectivity index (χ0) is 15.4. The molecule has 1 unspecified atom stereocenters. The van der Waals surface area contributed by atoms with Gasteiger partial charge in [0, 0.05) is 0 Å². The van der Waals surface area contributed by atoms with Gasteiger partial charge in [0.25, 0.3) is 0 Å². The van der Waals surface area contributed by atoms with Crippen molar-refractivity contribution in [3.8, 4) is 11.5 Å². The number of halogens is 2. The van der Waals surface area contributed by atoms with Crippen molar-refractivity contribution in [1.29, 1.82) is 0 Å². The maximum atomic E-state index is 6.32. The lowest BCUT2D eigenvalue weighted by Crippen LogP contribution is -2.18. The van der Waals surface area contributed by atoms with Gasteiger partial charge in [0.2, 0.25) is 0 Å². The Morgan fingerprint density at radius 1 is 1.00 bits per heavy atom. The van der Waals surface area contributed by atoms with E-state index in [0.29, 0.717) is 21.5 Å². The van der Waals surface area contributed by atoms with E-state index >= 15 is 0 Å². The zero-order valence-electron chi connectivity index (χ0n) is 12.1. The summed E-state index contributed by atoms with van der Waals surface area (Å²) in [5.41, 5.74) is 1.93. The summed E-state index contributed by atoms with van der Waals surface area (Å²) in [5, 5.41) is 4.34. The number of hydrogen-bond acceptors (Lipinski definition) is 3. The second kappa shape index (κ2) is 7.03. The fraction of sp³-hybridized carbons (Fsp3) is 0.250. The SMILES string of the molecule is CNC(c1ccc(OC)c(OC)c1)c1cccc(Cl)c1Cl. The van der Waals surface area contributed by atoms with Crippen LogP contribution in [0.4, 0.5) is 0 Å². The Kier molecular flexibility index (Phi) is 5.34. The molecule has 0 saturated heterocycles. The minimum Gasteiger partial charge on any atom is -0.493 e. The van der Waals surface area contributed by atoms with Crippen molar-refractivity contribution in [1.82, 2.24) is 5.32 Å². The van der Waals surface area contributed by atoms with Gasteiger partial charge in [-0.1, -0.05) is 41.4 Å². The van der Waals surface area contributed by atoms with E-state index in [2.05, 4.69) is 5.32 Å². The van der Waals surface area contributed by atoms with Crippen molar-refractivity contribution >= 4 is 23.2 Å². The van der Waals surface area contributed by atoms with Crippen LogP contribution in [-0.2, 0) is 0 Å². The molecular formula is C16H17Cl2NO2. The summed E-state index contributed by atoms with van der Waals surface area (Å²) < 4.78 is 10.6. The van der Waals surface area contributed by atoms with E-state index in [1.165, 1.54) is 0 Å². The monoisotopic (exact) mass is 325 g/mol. The van der Waals surface area contributed by atoms with Crippen LogP contribution in [0.3, 0.4) is 0 Å². The molecule has 0 saturated carbocycles. The Balaban J connectivity index is 2.49. The lowest BCUT2D eigenvalue weighted by atomic mass is 9.98. The van der Waals surface area contributed by atoms with E-state index in [1.54, 1.807) is 20.3 Å². The molecule has 0 aliphatic carbocycles. The number of rotatable bonds is 5. The molecular weight excluding hydrogens is 309 g/mol. The number of benzene rings is 2. The van der Waals surface area contributed by atoms with E-state index in [9.17, 15) is 0 Å². The molecule has 1 atom stereocenters. The zero-order valence-corrected chi connectivity index (χ0v) is 13.6. The first-order valence-corrected chi connectivity index (χ1v) is 7.21. The molecule has 1 N–H and O–H groups in total. The van der Waals surface area contributed by atoms with Gasteiger partial charge in [-0.15, -0.1) is 0 Å². The highest BCUT2D eigenvalue weighted by molar-refractivity contribution is 6.42. The summed E-state index contributed by atoms with van der Waals surface area (Å²) in [4.78, 5) is 0. The number of nitrogens with one attached hydrogen (secondary N) is 1. The molecule has 0 aromatic heterocycles. The van der Waals surface area contributed by atoms with Crippen LogP contribution in [0.2, 0.25) is 10.0 Å². The van der Waals surface area contributed by atoms with Crippen LogP contribution in [0.15, 0.2) is 36.4 Å². The second-order valence-electron chi connectivity index (χ2n) is 4.48. The fourth-order valence-corrected chi connectivity index (χ4v) is 2.69. The molecule has 2 aromatic carbocycles. The van der Waals surface area contributed by atoms with Gasteiger partial charge in [0.1, 0.15) is 0 Å². The summed E-state index contributed by atoms with van der Waals surface area (Å²) in [7, 11) is 5.10. The topological polar surface area (TPSA) is 30.5 Å². The average molecular weight is 326 g/mol. The third-order valence-electron chi connectivity index (χ3n) is 3.32. The molecule has 0 heterocycles. The quantitative estimate of drug-likeness (QED) is 0.888. The van der Waals surface area contributed by atoms with Gasteiger partial charge >= 0.3 is 0 Å². The van der Waals surface area contributed by atoms with Gasteiger partial charge in [-0.25, -0.2) is 0 Å². The van der Waals surface area contributed by atoms with Crippen molar-refractivity contribution in [2.24, 2.45) is 0 Å². The van der Waals surface area contributed by atoms with Gasteiger partial charge in [-0.2, -0.15) is 0 Å². The smallest absolute Gasteiger partial charge is 0.161 e. The third kappa shape index (κ3) is 3.26. The summed E-state index contributed by atoms with van der Waals surface area (Å²) in [6.07, 6.45) is 0. The number of ether oxygens (including phenoxy) is 2. The van der Waals surface area contributed by atoms with E-state index in [4.69, 9.17) is 32.7 Å². The first-order valence-electron chi connectivity index (χ1n) is 6.45. The van der Waals surface area contributed by atoms with Gasteiger partial charge in [0.05, 0.1) is 30.3 Å². The van der Waals surface area contributed by atoms with Crippen molar-refractivity contribution in [3.63, 3.8) is 0 Å². The van der Waals surface area contributed by atoms with Crippen LogP contribution in [0.1, 0.15) is 17.2 Å². The minimum absolute atomic E-state index is 0.0870. The molecule has 0 aliphatic heterocycles. The van der Waals surface area contributed by atoms with Crippen LogP contribution >= 0.6 is 23.2 Å². The molecule has 0 radical (unpaired) electrons. The lowest BCUT2D eigenvalue weighted by molar-refractivity contribution is 0.354. The predicted octanol–water partition coefficient (Wildman–Crippen LogP) is 4.32. The van der Waals surface area contributed by atoms with E-state index in [1.807, 2.05) is 37.4 Å². The van der Waals surface area contributed by atoms with Gasteiger partial charge in [-0.05, 0) is 36.4 Å². The molecule has 0 aliphatic rings. The molecule has 0 amide bonds. The molecule has 3 nitrogen and oxygen atoms in total. The molecule has 0 spiro atoms. The van der Waals surface area contributed by atoms with Gasteiger partial charge in [-0.3, -0.25) is 0 Å². The highest BCUT2D eigenvalue weighted by Crippen LogP contribution is 2.36. The first-order chi connectivity index (χ1) is 10.1. The van der Waals surface area contributed by atoms with Crippen LogP contribution < -0.4 is 14.8 Å². The normalized spacial score (nSPS) is 12.0. The van der Waals surface area contributed by atoms with Crippen LogP contribution in [0.5, 0.6) is 11.5 Å². The molecule has 5 heteroatoms. The highest BCUT2D eigenvalue weighted by atomic mass is 35.5. The van der Waals surface area contributed by atoms with Crippen molar-refractivity contribution in [3.05, 3.63) is 57.6 Å². The maximum Gasteiger partial charge on any atom is 0.161 e. The molecule has 21 heavy (non-hydrogen) atoms. The summed E-state index contributed by atoms with van der Waals surface area (Å²) in [6, 6.07) is 11.3. The Labute approximate surface area is 134 Å². The van der Waals surface area contributed by atoms with Gasteiger partial charge < -0.3 is 14.8 Å². The second-order valence-corrected chi connectivity index (χ2v) is 5.26. The Hall–Kier alpha value is -1.42. The standard InChI is InChI=1S/C16H17Cl2NO2/c1-19-16(11-5-4-6-12(17)15(11)18)10-7-8-13(20-2)14(9-10)21-3/h4-9,16,19H,1-3H3. The Bertz CT molecular complexity index is 632. The lowest BCUT2D eigenvalue weighted by Gasteiger charge is -2.20. The number of methoxy groups -OCH3 is 2. The Morgan fingerprint density at radius 3 is 2.33 bits per heavy atom. The van der Waals surface area contributed by atoms with Crippen molar-refractivity contribution in [2.75, 3.05) is 21.3 Å². The van der Waals surface area contributed by atoms with Crippen molar-refractivity contribution < 1.29 is 9.47 Å².